The first-order chi connectivity index (χ1) is 10.2. The number of aryl methyl sites for hydroxylation is 2. The molecule has 1 fully saturated rings. The first kappa shape index (κ1) is 16.1. The van der Waals surface area contributed by atoms with Crippen LogP contribution in [-0.2, 0) is 7.05 Å². The van der Waals surface area contributed by atoms with Crippen molar-refractivity contribution in [2.45, 2.75) is 33.7 Å². The van der Waals surface area contributed by atoms with Gasteiger partial charge < -0.3 is 15.2 Å². The van der Waals surface area contributed by atoms with E-state index in [1.54, 1.807) is 11.6 Å². The molecule has 2 N–H and O–H groups in total. The zero-order valence-corrected chi connectivity index (χ0v) is 14.0. The summed E-state index contributed by atoms with van der Waals surface area (Å²) in [6, 6.07) is 2.05. The number of aliphatic imine (C=N–C) groups is 1. The minimum atomic E-state index is 0.00963. The van der Waals surface area contributed by atoms with Crippen LogP contribution in [-0.4, -0.2) is 22.9 Å². The second kappa shape index (κ2) is 5.83. The van der Waals surface area contributed by atoms with Crippen molar-refractivity contribution in [1.82, 2.24) is 4.57 Å². The van der Waals surface area contributed by atoms with Gasteiger partial charge in [-0.3, -0.25) is 9.79 Å². The average Bonchev–Trinajstić information content (AvgIpc) is 2.73. The Bertz CT molecular complexity index is 707. The van der Waals surface area contributed by atoms with Gasteiger partial charge >= 0.3 is 0 Å². The molecule has 118 valence electrons. The van der Waals surface area contributed by atoms with E-state index < -0.39 is 0 Å². The van der Waals surface area contributed by atoms with Gasteiger partial charge in [0.05, 0.1) is 23.6 Å². The van der Waals surface area contributed by atoms with E-state index in [-0.39, 0.29) is 11.6 Å². The zero-order chi connectivity index (χ0) is 16.6. The molecule has 1 aliphatic heterocycles. The van der Waals surface area contributed by atoms with Crippen LogP contribution in [0.2, 0.25) is 0 Å². The van der Waals surface area contributed by atoms with Crippen molar-refractivity contribution in [2.75, 3.05) is 11.4 Å². The number of nitrogens with two attached hydrogens (primary N) is 1. The maximum Gasteiger partial charge on any atom is 0.253 e. The molecule has 0 bridgehead atoms. The van der Waals surface area contributed by atoms with Crippen molar-refractivity contribution in [3.63, 3.8) is 0 Å². The number of pyridine rings is 1. The van der Waals surface area contributed by atoms with E-state index in [2.05, 4.69) is 16.5 Å². The van der Waals surface area contributed by atoms with Crippen molar-refractivity contribution in [3.05, 3.63) is 51.7 Å². The number of allylic oxidation sites excluding steroid dienone is 2. The third-order valence-electron chi connectivity index (χ3n) is 3.72. The summed E-state index contributed by atoms with van der Waals surface area (Å²) in [5.74, 6) is 0. The SMILES string of the molecule is C=C1C(=NC(C)C)C(=C(C)N)CN1c1cc(C)c(=O)n(C)c1. The molecule has 2 rings (SSSR count). The van der Waals surface area contributed by atoms with Gasteiger partial charge in [-0.1, -0.05) is 6.58 Å². The second-order valence-electron chi connectivity index (χ2n) is 6.06. The fourth-order valence-electron chi connectivity index (χ4n) is 2.60. The molecule has 0 radical (unpaired) electrons. The molecule has 0 atom stereocenters. The molecule has 5 heteroatoms. The van der Waals surface area contributed by atoms with Crippen molar-refractivity contribution >= 4 is 11.4 Å². The molecule has 0 aliphatic carbocycles. The number of anilines is 1. The molecule has 5 nitrogen and oxygen atoms in total. The van der Waals surface area contributed by atoms with Gasteiger partial charge in [-0.2, -0.15) is 0 Å². The number of hydrogen-bond acceptors (Lipinski definition) is 4. The molecule has 0 saturated carbocycles. The molecule has 1 saturated heterocycles. The second-order valence-corrected chi connectivity index (χ2v) is 6.06. The summed E-state index contributed by atoms with van der Waals surface area (Å²) >= 11 is 0. The normalized spacial score (nSPS) is 19.5. The van der Waals surface area contributed by atoms with Gasteiger partial charge in [-0.25, -0.2) is 0 Å². The standard InChI is InChI=1S/C17H24N4O/c1-10(2)19-16-13(5)21(9-15(16)12(4)18)14-7-11(3)17(22)20(6)8-14/h7-8,10H,5,9,18H2,1-4,6H3. The molecule has 0 spiro atoms. The molecule has 1 aromatic heterocycles. The fraction of sp³-hybridized carbons (Fsp3) is 0.412. The molecule has 2 heterocycles. The van der Waals surface area contributed by atoms with Gasteiger partial charge in [-0.05, 0) is 33.8 Å². The third-order valence-corrected chi connectivity index (χ3v) is 3.72. The Morgan fingerprint density at radius 1 is 1.45 bits per heavy atom. The van der Waals surface area contributed by atoms with Crippen LogP contribution in [0.4, 0.5) is 5.69 Å². The fourth-order valence-corrected chi connectivity index (χ4v) is 2.60. The molecule has 1 aliphatic rings. The average molecular weight is 300 g/mol. The number of aromatic nitrogens is 1. The van der Waals surface area contributed by atoms with E-state index in [0.29, 0.717) is 12.1 Å². The Balaban J connectivity index is 2.54. The highest BCUT2D eigenvalue weighted by molar-refractivity contribution is 6.18. The lowest BCUT2D eigenvalue weighted by atomic mass is 10.1. The first-order valence-corrected chi connectivity index (χ1v) is 7.39. The highest BCUT2D eigenvalue weighted by Gasteiger charge is 2.29. The van der Waals surface area contributed by atoms with Gasteiger partial charge in [0.1, 0.15) is 0 Å². The Morgan fingerprint density at radius 2 is 2.09 bits per heavy atom. The molecule has 0 aromatic carbocycles. The Morgan fingerprint density at radius 3 is 2.59 bits per heavy atom. The third kappa shape index (κ3) is 2.84. The lowest BCUT2D eigenvalue weighted by Crippen LogP contribution is -2.23. The number of nitrogens with zero attached hydrogens (tertiary/aromatic N) is 3. The molecular weight excluding hydrogens is 276 g/mol. The summed E-state index contributed by atoms with van der Waals surface area (Å²) in [4.78, 5) is 18.6. The van der Waals surface area contributed by atoms with Crippen LogP contribution in [0.25, 0.3) is 0 Å². The van der Waals surface area contributed by atoms with Gasteiger partial charge in [0, 0.05) is 36.1 Å². The summed E-state index contributed by atoms with van der Waals surface area (Å²) in [7, 11) is 1.76. The number of rotatable bonds is 2. The minimum Gasteiger partial charge on any atom is -0.402 e. The van der Waals surface area contributed by atoms with Gasteiger partial charge in [0.25, 0.3) is 5.56 Å². The Hall–Kier alpha value is -2.30. The first-order valence-electron chi connectivity index (χ1n) is 7.39. The summed E-state index contributed by atoms with van der Waals surface area (Å²) < 4.78 is 1.59. The van der Waals surface area contributed by atoms with E-state index in [1.807, 2.05) is 40.0 Å². The quantitative estimate of drug-likeness (QED) is 0.910. The zero-order valence-electron chi connectivity index (χ0n) is 14.0. The molecule has 22 heavy (non-hydrogen) atoms. The monoisotopic (exact) mass is 300 g/mol. The predicted molar refractivity (Wildman–Crippen MR) is 92.4 cm³/mol. The van der Waals surface area contributed by atoms with Crippen molar-refractivity contribution in [1.29, 1.82) is 0 Å². The number of hydrogen-bond donors (Lipinski definition) is 1. The van der Waals surface area contributed by atoms with E-state index in [9.17, 15) is 4.79 Å². The van der Waals surface area contributed by atoms with Crippen LogP contribution in [0.5, 0.6) is 0 Å². The lowest BCUT2D eigenvalue weighted by molar-refractivity contribution is 0.836. The highest BCUT2D eigenvalue weighted by Crippen LogP contribution is 2.30. The lowest BCUT2D eigenvalue weighted by Gasteiger charge is -2.19. The topological polar surface area (TPSA) is 63.6 Å². The summed E-state index contributed by atoms with van der Waals surface area (Å²) in [5, 5.41) is 0. The maximum absolute atomic E-state index is 11.9. The van der Waals surface area contributed by atoms with Crippen LogP contribution in [0.3, 0.4) is 0 Å². The molecule has 1 aromatic rings. The highest BCUT2D eigenvalue weighted by atomic mass is 16.1. The van der Waals surface area contributed by atoms with Crippen molar-refractivity contribution < 1.29 is 0 Å². The summed E-state index contributed by atoms with van der Waals surface area (Å²) in [6.45, 7) is 12.6. The summed E-state index contributed by atoms with van der Waals surface area (Å²) in [6.07, 6.45) is 1.82. The van der Waals surface area contributed by atoms with Crippen molar-refractivity contribution in [3.8, 4) is 0 Å². The van der Waals surface area contributed by atoms with Gasteiger partial charge in [-0.15, -0.1) is 0 Å². The van der Waals surface area contributed by atoms with Crippen molar-refractivity contribution in [2.24, 2.45) is 17.8 Å². The van der Waals surface area contributed by atoms with Crippen LogP contribution >= 0.6 is 0 Å². The Kier molecular flexibility index (Phi) is 4.26. The smallest absolute Gasteiger partial charge is 0.253 e. The summed E-state index contributed by atoms with van der Waals surface area (Å²) in [5.41, 5.74) is 11.1. The molecule has 0 amide bonds. The predicted octanol–water partition coefficient (Wildman–Crippen LogP) is 2.11. The van der Waals surface area contributed by atoms with Crippen LogP contribution in [0.15, 0.2) is 45.6 Å². The van der Waals surface area contributed by atoms with E-state index >= 15 is 0 Å². The Labute approximate surface area is 131 Å². The van der Waals surface area contributed by atoms with E-state index in [0.717, 1.165) is 28.4 Å². The van der Waals surface area contributed by atoms with Gasteiger partial charge in [0.15, 0.2) is 0 Å². The van der Waals surface area contributed by atoms with Crippen LogP contribution < -0.4 is 16.2 Å². The molecule has 0 unspecified atom stereocenters. The largest absolute Gasteiger partial charge is 0.402 e. The van der Waals surface area contributed by atoms with Crippen LogP contribution in [0, 0.1) is 6.92 Å². The minimum absolute atomic E-state index is 0.00963. The van der Waals surface area contributed by atoms with Gasteiger partial charge in [0.2, 0.25) is 0 Å². The maximum atomic E-state index is 11.9. The van der Waals surface area contributed by atoms with E-state index in [1.165, 1.54) is 0 Å². The van der Waals surface area contributed by atoms with Crippen LogP contribution in [0.1, 0.15) is 26.3 Å². The van der Waals surface area contributed by atoms with E-state index in [4.69, 9.17) is 5.73 Å². The molecular formula is C17H24N4O.